The van der Waals surface area contributed by atoms with Crippen LogP contribution in [-0.4, -0.2) is 52.7 Å². The second-order valence-electron chi connectivity index (χ2n) is 7.67. The van der Waals surface area contributed by atoms with E-state index in [9.17, 15) is 4.79 Å². The van der Waals surface area contributed by atoms with Gasteiger partial charge < -0.3 is 14.4 Å². The molecular weight excluding hydrogens is 306 g/mol. The molecule has 0 bridgehead atoms. The number of rotatable bonds is 4. The largest absolute Gasteiger partial charge is 0.444 e. The van der Waals surface area contributed by atoms with Crippen LogP contribution in [0.3, 0.4) is 0 Å². The summed E-state index contributed by atoms with van der Waals surface area (Å²) in [5, 5.41) is 4.49. The molecule has 1 amide bonds. The molecule has 1 fully saturated rings. The molecule has 24 heavy (non-hydrogen) atoms. The molecule has 2 rings (SSSR count). The number of aryl methyl sites for hydroxylation is 1. The van der Waals surface area contributed by atoms with Crippen molar-refractivity contribution in [2.75, 3.05) is 20.3 Å². The SMILES string of the molecule is COCCn1ncc(C)c1[C@H]1CCN(C(=O)OC(C)(C)C)[C@H](C)C1. The second kappa shape index (κ2) is 7.55. The van der Waals surface area contributed by atoms with Crippen LogP contribution in [0.4, 0.5) is 4.79 Å². The van der Waals surface area contributed by atoms with Crippen molar-refractivity contribution in [1.29, 1.82) is 0 Å². The van der Waals surface area contributed by atoms with Crippen LogP contribution in [0, 0.1) is 6.92 Å². The van der Waals surface area contributed by atoms with Gasteiger partial charge in [-0.1, -0.05) is 0 Å². The van der Waals surface area contributed by atoms with Crippen molar-refractivity contribution >= 4 is 6.09 Å². The molecule has 0 aromatic carbocycles. The van der Waals surface area contributed by atoms with Gasteiger partial charge in [-0.2, -0.15) is 5.10 Å². The first-order chi connectivity index (χ1) is 11.2. The Morgan fingerprint density at radius 2 is 2.12 bits per heavy atom. The van der Waals surface area contributed by atoms with Crippen molar-refractivity contribution in [3.63, 3.8) is 0 Å². The van der Waals surface area contributed by atoms with Gasteiger partial charge in [0.05, 0.1) is 19.3 Å². The first kappa shape index (κ1) is 18.8. The Morgan fingerprint density at radius 1 is 1.42 bits per heavy atom. The molecule has 1 saturated heterocycles. The summed E-state index contributed by atoms with van der Waals surface area (Å²) in [4.78, 5) is 14.2. The van der Waals surface area contributed by atoms with E-state index in [4.69, 9.17) is 9.47 Å². The van der Waals surface area contributed by atoms with Crippen molar-refractivity contribution in [3.8, 4) is 0 Å². The molecule has 1 aliphatic rings. The van der Waals surface area contributed by atoms with Crippen LogP contribution in [-0.2, 0) is 16.0 Å². The first-order valence-corrected chi connectivity index (χ1v) is 8.73. The van der Waals surface area contributed by atoms with E-state index in [1.165, 1.54) is 11.3 Å². The number of piperidine rings is 1. The predicted octanol–water partition coefficient (Wildman–Crippen LogP) is 3.34. The van der Waals surface area contributed by atoms with Gasteiger partial charge in [0, 0.05) is 31.3 Å². The van der Waals surface area contributed by atoms with Crippen molar-refractivity contribution in [3.05, 3.63) is 17.5 Å². The van der Waals surface area contributed by atoms with E-state index in [1.807, 2.05) is 31.9 Å². The zero-order chi connectivity index (χ0) is 17.9. The second-order valence-corrected chi connectivity index (χ2v) is 7.67. The maximum atomic E-state index is 12.4. The lowest BCUT2D eigenvalue weighted by molar-refractivity contribution is 0.0101. The number of hydrogen-bond donors (Lipinski definition) is 0. The first-order valence-electron chi connectivity index (χ1n) is 8.73. The number of amides is 1. The fourth-order valence-electron chi connectivity index (χ4n) is 3.39. The highest BCUT2D eigenvalue weighted by molar-refractivity contribution is 5.68. The van der Waals surface area contributed by atoms with E-state index in [0.717, 1.165) is 25.9 Å². The zero-order valence-corrected chi connectivity index (χ0v) is 15.8. The number of aromatic nitrogens is 2. The Kier molecular flexibility index (Phi) is 5.91. The van der Waals surface area contributed by atoms with Gasteiger partial charge in [0.15, 0.2) is 0 Å². The van der Waals surface area contributed by atoms with Gasteiger partial charge in [0.25, 0.3) is 0 Å². The Bertz CT molecular complexity index is 562. The normalized spacial score (nSPS) is 21.8. The fourth-order valence-corrected chi connectivity index (χ4v) is 3.39. The van der Waals surface area contributed by atoms with E-state index >= 15 is 0 Å². The number of ether oxygens (including phenoxy) is 2. The lowest BCUT2D eigenvalue weighted by Crippen LogP contribution is -2.46. The molecule has 0 spiro atoms. The molecule has 1 aliphatic heterocycles. The molecule has 0 unspecified atom stereocenters. The minimum absolute atomic E-state index is 0.156. The summed E-state index contributed by atoms with van der Waals surface area (Å²) in [7, 11) is 1.71. The summed E-state index contributed by atoms with van der Waals surface area (Å²) in [6.07, 6.45) is 3.58. The highest BCUT2D eigenvalue weighted by atomic mass is 16.6. The molecule has 6 heteroatoms. The summed E-state index contributed by atoms with van der Waals surface area (Å²) in [6, 6.07) is 0.156. The number of likely N-dealkylation sites (tertiary alicyclic amines) is 1. The molecule has 2 atom stereocenters. The third kappa shape index (κ3) is 4.50. The Morgan fingerprint density at radius 3 is 2.71 bits per heavy atom. The van der Waals surface area contributed by atoms with Gasteiger partial charge in [-0.25, -0.2) is 4.79 Å². The predicted molar refractivity (Wildman–Crippen MR) is 93.2 cm³/mol. The lowest BCUT2D eigenvalue weighted by Gasteiger charge is -2.38. The van der Waals surface area contributed by atoms with Crippen molar-refractivity contribution in [1.82, 2.24) is 14.7 Å². The average Bonchev–Trinajstić information content (AvgIpc) is 2.83. The molecule has 0 N–H and O–H groups in total. The minimum Gasteiger partial charge on any atom is -0.444 e. The molecular formula is C18H31N3O3. The van der Waals surface area contributed by atoms with E-state index in [0.29, 0.717) is 12.5 Å². The summed E-state index contributed by atoms with van der Waals surface area (Å²) >= 11 is 0. The Balaban J connectivity index is 2.06. The summed E-state index contributed by atoms with van der Waals surface area (Å²) in [5.74, 6) is 0.415. The average molecular weight is 337 g/mol. The maximum absolute atomic E-state index is 12.4. The van der Waals surface area contributed by atoms with Crippen molar-refractivity contribution < 1.29 is 14.3 Å². The zero-order valence-electron chi connectivity index (χ0n) is 15.8. The molecule has 0 aliphatic carbocycles. The van der Waals surface area contributed by atoms with Crippen LogP contribution in [0.15, 0.2) is 6.20 Å². The molecule has 1 aromatic heterocycles. The lowest BCUT2D eigenvalue weighted by atomic mass is 9.87. The Labute approximate surface area is 145 Å². The number of methoxy groups -OCH3 is 1. The number of carbonyl (C=O) groups excluding carboxylic acids is 1. The van der Waals surface area contributed by atoms with Gasteiger partial charge in [0.1, 0.15) is 5.60 Å². The van der Waals surface area contributed by atoms with Crippen molar-refractivity contribution in [2.45, 2.75) is 71.6 Å². The number of nitrogens with zero attached hydrogens (tertiary/aromatic N) is 3. The van der Waals surface area contributed by atoms with Crippen LogP contribution in [0.25, 0.3) is 0 Å². The number of carbonyl (C=O) groups is 1. The van der Waals surface area contributed by atoms with Gasteiger partial charge in [-0.15, -0.1) is 0 Å². The molecule has 0 radical (unpaired) electrons. The van der Waals surface area contributed by atoms with E-state index < -0.39 is 5.60 Å². The third-order valence-corrected chi connectivity index (χ3v) is 4.47. The molecule has 136 valence electrons. The van der Waals surface area contributed by atoms with Crippen LogP contribution in [0.1, 0.15) is 57.7 Å². The van der Waals surface area contributed by atoms with Gasteiger partial charge >= 0.3 is 6.09 Å². The molecule has 2 heterocycles. The minimum atomic E-state index is -0.455. The summed E-state index contributed by atoms with van der Waals surface area (Å²) < 4.78 is 12.8. The van der Waals surface area contributed by atoms with E-state index in [1.54, 1.807) is 7.11 Å². The quantitative estimate of drug-likeness (QED) is 0.845. The monoisotopic (exact) mass is 337 g/mol. The van der Waals surface area contributed by atoms with Crippen LogP contribution in [0.2, 0.25) is 0 Å². The maximum Gasteiger partial charge on any atom is 0.410 e. The van der Waals surface area contributed by atoms with E-state index in [-0.39, 0.29) is 12.1 Å². The van der Waals surface area contributed by atoms with Gasteiger partial charge in [-0.3, -0.25) is 4.68 Å². The molecule has 0 saturated carbocycles. The van der Waals surface area contributed by atoms with Gasteiger partial charge in [0.2, 0.25) is 0 Å². The van der Waals surface area contributed by atoms with E-state index in [2.05, 4.69) is 23.6 Å². The topological polar surface area (TPSA) is 56.6 Å². The Hall–Kier alpha value is -1.56. The highest BCUT2D eigenvalue weighted by Crippen LogP contribution is 2.33. The number of hydrogen-bond acceptors (Lipinski definition) is 4. The standard InChI is InChI=1S/C18H31N3O3/c1-13-12-19-21(9-10-23-6)16(13)15-7-8-20(14(2)11-15)17(22)24-18(3,4)5/h12,14-15H,7-11H2,1-6H3/t14-,15+/m1/s1. The summed E-state index contributed by atoms with van der Waals surface area (Å²) in [5.41, 5.74) is 2.04. The molecule has 1 aromatic rings. The smallest absolute Gasteiger partial charge is 0.410 e. The highest BCUT2D eigenvalue weighted by Gasteiger charge is 2.34. The van der Waals surface area contributed by atoms with Gasteiger partial charge in [-0.05, 0) is 53.0 Å². The van der Waals surface area contributed by atoms with Crippen LogP contribution in [0.5, 0.6) is 0 Å². The summed E-state index contributed by atoms with van der Waals surface area (Å²) in [6.45, 7) is 12.0. The third-order valence-electron chi connectivity index (χ3n) is 4.47. The van der Waals surface area contributed by atoms with Crippen LogP contribution >= 0.6 is 0 Å². The van der Waals surface area contributed by atoms with Crippen molar-refractivity contribution in [2.24, 2.45) is 0 Å². The van der Waals surface area contributed by atoms with Crippen LogP contribution < -0.4 is 0 Å². The fraction of sp³-hybridized carbons (Fsp3) is 0.778. The molecule has 6 nitrogen and oxygen atoms in total.